The number of benzene rings is 1. The highest BCUT2D eigenvalue weighted by Gasteiger charge is 2.30. The molecule has 9 heteroatoms. The largest absolute Gasteiger partial charge is 0.476 e. The minimum atomic E-state index is -4.40. The minimum Gasteiger partial charge on any atom is -0.476 e. The van der Waals surface area contributed by atoms with E-state index in [2.05, 4.69) is 15.3 Å². The summed E-state index contributed by atoms with van der Waals surface area (Å²) in [5.74, 6) is -1.98. The second-order valence-electron chi connectivity index (χ2n) is 5.66. The maximum absolute atomic E-state index is 12.7. The van der Waals surface area contributed by atoms with Gasteiger partial charge in [-0.1, -0.05) is 25.1 Å². The van der Waals surface area contributed by atoms with Crippen molar-refractivity contribution in [3.63, 3.8) is 0 Å². The first kappa shape index (κ1) is 19.4. The zero-order valence-electron chi connectivity index (χ0n) is 13.7. The molecule has 0 saturated heterocycles. The van der Waals surface area contributed by atoms with Gasteiger partial charge in [0.2, 0.25) is 0 Å². The van der Waals surface area contributed by atoms with Crippen molar-refractivity contribution in [2.75, 3.05) is 6.54 Å². The molecule has 0 aliphatic rings. The number of aromatic carboxylic acids is 1. The maximum atomic E-state index is 12.7. The molecule has 1 unspecified atom stereocenters. The number of halogens is 3. The molecule has 1 aromatic carbocycles. The van der Waals surface area contributed by atoms with Crippen molar-refractivity contribution in [1.82, 2.24) is 15.3 Å². The molecule has 1 aromatic heterocycles. The summed E-state index contributed by atoms with van der Waals surface area (Å²) in [4.78, 5) is 29.9. The Morgan fingerprint density at radius 1 is 1.19 bits per heavy atom. The number of hydrogen-bond donors (Lipinski definition) is 2. The van der Waals surface area contributed by atoms with E-state index in [1.807, 2.05) is 0 Å². The third-order valence-corrected chi connectivity index (χ3v) is 3.75. The number of carboxylic acids is 1. The average Bonchev–Trinajstić information content (AvgIpc) is 2.61. The summed E-state index contributed by atoms with van der Waals surface area (Å²) in [6.07, 6.45) is -1.95. The van der Waals surface area contributed by atoms with Crippen molar-refractivity contribution in [2.24, 2.45) is 0 Å². The Hall–Kier alpha value is -2.97. The van der Waals surface area contributed by atoms with Crippen LogP contribution in [0.4, 0.5) is 13.2 Å². The van der Waals surface area contributed by atoms with Crippen molar-refractivity contribution in [3.8, 4) is 0 Å². The van der Waals surface area contributed by atoms with Crippen molar-refractivity contribution < 1.29 is 27.9 Å². The van der Waals surface area contributed by atoms with Crippen LogP contribution in [0.2, 0.25) is 0 Å². The molecule has 0 aliphatic heterocycles. The van der Waals surface area contributed by atoms with Crippen molar-refractivity contribution in [3.05, 3.63) is 59.2 Å². The Bertz CT molecular complexity index is 792. The number of nitrogens with one attached hydrogen (secondary N) is 1. The molecule has 0 bridgehead atoms. The fraction of sp³-hybridized carbons (Fsp3) is 0.294. The summed E-state index contributed by atoms with van der Waals surface area (Å²) in [6.45, 7) is 1.99. The Morgan fingerprint density at radius 3 is 2.42 bits per heavy atom. The summed E-state index contributed by atoms with van der Waals surface area (Å²) in [6, 6.07) is 5.07. The molecule has 0 fully saturated rings. The summed E-state index contributed by atoms with van der Waals surface area (Å²) in [5.41, 5.74) is -0.499. The Labute approximate surface area is 147 Å². The molecule has 0 aliphatic carbocycles. The molecule has 2 rings (SSSR count). The first-order chi connectivity index (χ1) is 12.2. The van der Waals surface area contributed by atoms with Gasteiger partial charge in [0, 0.05) is 6.54 Å². The molecule has 1 atom stereocenters. The SMILES string of the molecule is CC(CCNC(=O)c1cnc(C(=O)O)cn1)c1cccc(C(F)(F)F)c1. The first-order valence-electron chi connectivity index (χ1n) is 7.69. The minimum absolute atomic E-state index is 0.0401. The van der Waals surface area contributed by atoms with Crippen LogP contribution < -0.4 is 5.32 Å². The number of alkyl halides is 3. The van der Waals surface area contributed by atoms with Gasteiger partial charge >= 0.3 is 12.1 Å². The van der Waals surface area contributed by atoms with Crippen LogP contribution in [0.3, 0.4) is 0 Å². The number of carbonyl (C=O) groups is 2. The molecule has 138 valence electrons. The predicted molar refractivity (Wildman–Crippen MR) is 85.8 cm³/mol. The van der Waals surface area contributed by atoms with Gasteiger partial charge in [0.25, 0.3) is 5.91 Å². The predicted octanol–water partition coefficient (Wildman–Crippen LogP) is 3.12. The van der Waals surface area contributed by atoms with E-state index < -0.39 is 23.6 Å². The molecule has 0 saturated carbocycles. The van der Waals surface area contributed by atoms with Gasteiger partial charge in [-0.05, 0) is 24.0 Å². The fourth-order valence-electron chi connectivity index (χ4n) is 2.24. The lowest BCUT2D eigenvalue weighted by Crippen LogP contribution is -2.26. The van der Waals surface area contributed by atoms with Gasteiger partial charge in [-0.25, -0.2) is 14.8 Å². The van der Waals surface area contributed by atoms with E-state index in [-0.39, 0.29) is 23.9 Å². The summed E-state index contributed by atoms with van der Waals surface area (Å²) in [7, 11) is 0. The molecule has 1 heterocycles. The number of amides is 1. The average molecular weight is 367 g/mol. The van der Waals surface area contributed by atoms with Crippen LogP contribution in [0, 0.1) is 0 Å². The number of hydrogen-bond acceptors (Lipinski definition) is 4. The van der Waals surface area contributed by atoms with Crippen LogP contribution in [0.25, 0.3) is 0 Å². The quantitative estimate of drug-likeness (QED) is 0.818. The third-order valence-electron chi connectivity index (χ3n) is 3.75. The lowest BCUT2D eigenvalue weighted by Gasteiger charge is -2.15. The van der Waals surface area contributed by atoms with Gasteiger partial charge in [0.05, 0.1) is 18.0 Å². The van der Waals surface area contributed by atoms with Gasteiger partial charge in [0.15, 0.2) is 5.69 Å². The molecule has 6 nitrogen and oxygen atoms in total. The zero-order valence-corrected chi connectivity index (χ0v) is 13.7. The Morgan fingerprint density at radius 2 is 1.85 bits per heavy atom. The zero-order chi connectivity index (χ0) is 19.3. The smallest absolute Gasteiger partial charge is 0.416 e. The molecule has 26 heavy (non-hydrogen) atoms. The maximum Gasteiger partial charge on any atom is 0.416 e. The number of aromatic nitrogens is 2. The van der Waals surface area contributed by atoms with E-state index in [9.17, 15) is 22.8 Å². The van der Waals surface area contributed by atoms with Crippen LogP contribution in [0.15, 0.2) is 36.7 Å². The van der Waals surface area contributed by atoms with E-state index in [0.29, 0.717) is 12.0 Å². The number of carbonyl (C=O) groups excluding carboxylic acids is 1. The molecule has 2 N–H and O–H groups in total. The molecule has 0 radical (unpaired) electrons. The van der Waals surface area contributed by atoms with Gasteiger partial charge in [-0.2, -0.15) is 13.2 Å². The standard InChI is InChI=1S/C17H16F3N3O3/c1-10(11-3-2-4-12(7-11)17(18,19)20)5-6-21-15(24)13-8-23-14(9-22-13)16(25)26/h2-4,7-10H,5-6H2,1H3,(H,21,24)(H,25,26). The van der Waals surface area contributed by atoms with Crippen LogP contribution in [-0.4, -0.2) is 33.5 Å². The van der Waals surface area contributed by atoms with Crippen LogP contribution in [0.1, 0.15) is 51.4 Å². The second kappa shape index (κ2) is 7.94. The molecule has 0 spiro atoms. The van der Waals surface area contributed by atoms with E-state index in [1.165, 1.54) is 6.07 Å². The fourth-order valence-corrected chi connectivity index (χ4v) is 2.24. The number of nitrogens with zero attached hydrogens (tertiary/aromatic N) is 2. The highest BCUT2D eigenvalue weighted by molar-refractivity contribution is 5.92. The Balaban J connectivity index is 1.90. The van der Waals surface area contributed by atoms with Crippen molar-refractivity contribution in [2.45, 2.75) is 25.4 Å². The summed E-state index contributed by atoms with van der Waals surface area (Å²) < 4.78 is 38.2. The molecule has 1 amide bonds. The van der Waals surface area contributed by atoms with Crippen molar-refractivity contribution >= 4 is 11.9 Å². The van der Waals surface area contributed by atoms with E-state index in [0.717, 1.165) is 24.5 Å². The lowest BCUT2D eigenvalue weighted by atomic mass is 9.96. The second-order valence-corrected chi connectivity index (χ2v) is 5.66. The number of rotatable bonds is 6. The van der Waals surface area contributed by atoms with Crippen LogP contribution in [0.5, 0.6) is 0 Å². The topological polar surface area (TPSA) is 92.2 Å². The molecular formula is C17H16F3N3O3. The molecule has 2 aromatic rings. The van der Waals surface area contributed by atoms with Crippen molar-refractivity contribution in [1.29, 1.82) is 0 Å². The Kier molecular flexibility index (Phi) is 5.91. The number of carboxylic acid groups (broad SMARTS) is 1. The normalized spacial score (nSPS) is 12.5. The van der Waals surface area contributed by atoms with Crippen LogP contribution in [-0.2, 0) is 6.18 Å². The van der Waals surface area contributed by atoms with E-state index >= 15 is 0 Å². The molecular weight excluding hydrogens is 351 g/mol. The van der Waals surface area contributed by atoms with Gasteiger partial charge in [0.1, 0.15) is 5.69 Å². The summed E-state index contributed by atoms with van der Waals surface area (Å²) in [5, 5.41) is 11.3. The summed E-state index contributed by atoms with van der Waals surface area (Å²) >= 11 is 0. The first-order valence-corrected chi connectivity index (χ1v) is 7.69. The van der Waals surface area contributed by atoms with E-state index in [4.69, 9.17) is 5.11 Å². The highest BCUT2D eigenvalue weighted by atomic mass is 19.4. The highest BCUT2D eigenvalue weighted by Crippen LogP contribution is 2.31. The van der Waals surface area contributed by atoms with E-state index in [1.54, 1.807) is 13.0 Å². The lowest BCUT2D eigenvalue weighted by molar-refractivity contribution is -0.137. The van der Waals surface area contributed by atoms with Gasteiger partial charge < -0.3 is 10.4 Å². The third kappa shape index (κ3) is 5.01. The van der Waals surface area contributed by atoms with Crippen LogP contribution >= 0.6 is 0 Å². The van der Waals surface area contributed by atoms with Gasteiger partial charge in [-0.15, -0.1) is 0 Å². The monoisotopic (exact) mass is 367 g/mol. The van der Waals surface area contributed by atoms with Gasteiger partial charge in [-0.3, -0.25) is 4.79 Å².